The maximum absolute atomic E-state index is 10.7. The summed E-state index contributed by atoms with van der Waals surface area (Å²) in [5.41, 5.74) is 2.32. The number of anilines is 1. The minimum Gasteiger partial charge on any atom is -0.379 e. The number of nitriles is 1. The summed E-state index contributed by atoms with van der Waals surface area (Å²) >= 11 is 1.81. The molecule has 0 unspecified atom stereocenters. The number of hydrogen-bond donors (Lipinski definition) is 1. The van der Waals surface area contributed by atoms with E-state index < -0.39 is 4.92 Å². The number of nitrogens with zero attached hydrogens (tertiary/aromatic N) is 2. The molecule has 2 aromatic rings. The molecule has 1 heterocycles. The molecule has 1 aromatic heterocycles. The van der Waals surface area contributed by atoms with Crippen LogP contribution in [0.15, 0.2) is 24.3 Å². The second-order valence-corrected chi connectivity index (χ2v) is 6.19. The van der Waals surface area contributed by atoms with Crippen LogP contribution in [0.3, 0.4) is 0 Å². The molecule has 0 aliphatic heterocycles. The third-order valence-corrected chi connectivity index (χ3v) is 4.82. The van der Waals surface area contributed by atoms with Gasteiger partial charge in [0.25, 0.3) is 5.69 Å². The Morgan fingerprint density at radius 1 is 1.38 bits per heavy atom. The van der Waals surface area contributed by atoms with Gasteiger partial charge in [-0.05, 0) is 37.0 Å². The lowest BCUT2D eigenvalue weighted by Crippen LogP contribution is -2.00. The molecule has 0 saturated carbocycles. The van der Waals surface area contributed by atoms with Crippen molar-refractivity contribution in [2.24, 2.45) is 0 Å². The van der Waals surface area contributed by atoms with Gasteiger partial charge < -0.3 is 5.32 Å². The number of nitro groups is 1. The normalized spacial score (nSPS) is 12.7. The fraction of sp³-hybridized carbons (Fsp3) is 0.267. The quantitative estimate of drug-likeness (QED) is 0.690. The van der Waals surface area contributed by atoms with Crippen molar-refractivity contribution < 1.29 is 4.92 Å². The molecule has 0 saturated heterocycles. The largest absolute Gasteiger partial charge is 0.379 e. The highest BCUT2D eigenvalue weighted by molar-refractivity contribution is 7.12. The minimum atomic E-state index is -0.492. The van der Waals surface area contributed by atoms with E-state index in [-0.39, 0.29) is 5.69 Å². The molecular formula is C15H13N3O2S. The number of hydrogen-bond acceptors (Lipinski definition) is 5. The van der Waals surface area contributed by atoms with E-state index in [4.69, 9.17) is 5.26 Å². The van der Waals surface area contributed by atoms with Gasteiger partial charge in [0.1, 0.15) is 6.07 Å². The average Bonchev–Trinajstić information content (AvgIpc) is 3.05. The predicted molar refractivity (Wildman–Crippen MR) is 81.5 cm³/mol. The van der Waals surface area contributed by atoms with E-state index in [1.165, 1.54) is 40.3 Å². The first-order chi connectivity index (χ1) is 10.2. The van der Waals surface area contributed by atoms with E-state index in [1.54, 1.807) is 6.07 Å². The SMILES string of the molecule is N#Cc1cc([N+](=O)[O-])ccc1NCc1cc2c(s1)CCC2. The van der Waals surface area contributed by atoms with E-state index in [2.05, 4.69) is 11.4 Å². The molecule has 0 atom stereocenters. The van der Waals surface area contributed by atoms with Crippen LogP contribution in [0, 0.1) is 21.4 Å². The number of aryl methyl sites for hydroxylation is 2. The third-order valence-electron chi connectivity index (χ3n) is 3.59. The minimum absolute atomic E-state index is 0.0628. The molecule has 1 aliphatic carbocycles. The number of benzene rings is 1. The van der Waals surface area contributed by atoms with Crippen LogP contribution >= 0.6 is 11.3 Å². The van der Waals surface area contributed by atoms with E-state index in [9.17, 15) is 10.1 Å². The van der Waals surface area contributed by atoms with Gasteiger partial charge in [0.2, 0.25) is 0 Å². The van der Waals surface area contributed by atoms with Gasteiger partial charge in [-0.3, -0.25) is 10.1 Å². The summed E-state index contributed by atoms with van der Waals surface area (Å²) < 4.78 is 0. The van der Waals surface area contributed by atoms with Crippen LogP contribution in [-0.2, 0) is 19.4 Å². The van der Waals surface area contributed by atoms with Gasteiger partial charge in [0.15, 0.2) is 0 Å². The van der Waals surface area contributed by atoms with Gasteiger partial charge in [0, 0.05) is 28.4 Å². The molecular weight excluding hydrogens is 286 g/mol. The summed E-state index contributed by atoms with van der Waals surface area (Å²) in [6.07, 6.45) is 3.57. The van der Waals surface area contributed by atoms with E-state index >= 15 is 0 Å². The van der Waals surface area contributed by atoms with Crippen molar-refractivity contribution in [3.05, 3.63) is 55.3 Å². The van der Waals surface area contributed by atoms with Crippen molar-refractivity contribution in [2.75, 3.05) is 5.32 Å². The molecule has 106 valence electrons. The summed E-state index contributed by atoms with van der Waals surface area (Å²) in [5, 5.41) is 23.0. The Morgan fingerprint density at radius 3 is 2.95 bits per heavy atom. The highest BCUT2D eigenvalue weighted by Crippen LogP contribution is 2.31. The van der Waals surface area contributed by atoms with Crippen LogP contribution in [-0.4, -0.2) is 4.92 Å². The molecule has 0 bridgehead atoms. The average molecular weight is 299 g/mol. The highest BCUT2D eigenvalue weighted by Gasteiger charge is 2.15. The Kier molecular flexibility index (Phi) is 3.59. The number of nitrogens with one attached hydrogen (secondary N) is 1. The lowest BCUT2D eigenvalue weighted by Gasteiger charge is -2.06. The molecule has 0 radical (unpaired) electrons. The third kappa shape index (κ3) is 2.73. The molecule has 5 nitrogen and oxygen atoms in total. The molecule has 6 heteroatoms. The summed E-state index contributed by atoms with van der Waals surface area (Å²) in [6.45, 7) is 0.643. The Morgan fingerprint density at radius 2 is 2.24 bits per heavy atom. The van der Waals surface area contributed by atoms with Crippen molar-refractivity contribution in [2.45, 2.75) is 25.8 Å². The monoisotopic (exact) mass is 299 g/mol. The van der Waals surface area contributed by atoms with Gasteiger partial charge in [0.05, 0.1) is 16.2 Å². The number of nitro benzene ring substituents is 1. The van der Waals surface area contributed by atoms with Crippen molar-refractivity contribution in [1.82, 2.24) is 0 Å². The first-order valence-electron chi connectivity index (χ1n) is 6.70. The van der Waals surface area contributed by atoms with Crippen LogP contribution in [0.5, 0.6) is 0 Å². The van der Waals surface area contributed by atoms with E-state index in [0.29, 0.717) is 17.8 Å². The van der Waals surface area contributed by atoms with E-state index in [1.807, 2.05) is 17.4 Å². The second kappa shape index (κ2) is 5.54. The van der Waals surface area contributed by atoms with Gasteiger partial charge in [-0.25, -0.2) is 0 Å². The predicted octanol–water partition coefficient (Wildman–Crippen LogP) is 3.63. The zero-order valence-electron chi connectivity index (χ0n) is 11.3. The lowest BCUT2D eigenvalue weighted by atomic mass is 10.1. The topological polar surface area (TPSA) is 79.0 Å². The molecule has 3 rings (SSSR count). The number of non-ortho nitro benzene ring substituents is 1. The Hall–Kier alpha value is -2.39. The van der Waals surface area contributed by atoms with Crippen LogP contribution < -0.4 is 5.32 Å². The van der Waals surface area contributed by atoms with Crippen LogP contribution in [0.1, 0.15) is 27.3 Å². The summed E-state index contributed by atoms with van der Waals surface area (Å²) in [5.74, 6) is 0. The molecule has 1 N–H and O–H groups in total. The van der Waals surface area contributed by atoms with Crippen molar-refractivity contribution in [3.8, 4) is 6.07 Å². The zero-order chi connectivity index (χ0) is 14.8. The molecule has 21 heavy (non-hydrogen) atoms. The van der Waals surface area contributed by atoms with Crippen molar-refractivity contribution in [3.63, 3.8) is 0 Å². The lowest BCUT2D eigenvalue weighted by molar-refractivity contribution is -0.384. The van der Waals surface area contributed by atoms with Crippen molar-refractivity contribution >= 4 is 22.7 Å². The van der Waals surface area contributed by atoms with E-state index in [0.717, 1.165) is 6.42 Å². The van der Waals surface area contributed by atoms with Crippen LogP contribution in [0.4, 0.5) is 11.4 Å². The fourth-order valence-corrected chi connectivity index (χ4v) is 3.75. The Bertz CT molecular complexity index is 724. The molecule has 0 amide bonds. The maximum Gasteiger partial charge on any atom is 0.270 e. The van der Waals surface area contributed by atoms with Crippen molar-refractivity contribution in [1.29, 1.82) is 5.26 Å². The summed E-state index contributed by atoms with van der Waals surface area (Å²) in [4.78, 5) is 12.9. The number of thiophene rings is 1. The zero-order valence-corrected chi connectivity index (χ0v) is 12.1. The summed E-state index contributed by atoms with van der Waals surface area (Å²) in [6, 6.07) is 8.53. The van der Waals surface area contributed by atoms with Gasteiger partial charge in [-0.15, -0.1) is 11.3 Å². The van der Waals surface area contributed by atoms with Crippen LogP contribution in [0.2, 0.25) is 0 Å². The molecule has 1 aromatic carbocycles. The maximum atomic E-state index is 10.7. The van der Waals surface area contributed by atoms with Gasteiger partial charge >= 0.3 is 0 Å². The number of rotatable bonds is 4. The first-order valence-corrected chi connectivity index (χ1v) is 7.52. The first kappa shape index (κ1) is 13.6. The second-order valence-electron chi connectivity index (χ2n) is 4.97. The molecule has 0 spiro atoms. The standard InChI is InChI=1S/C15H13N3O2S/c16-8-11-6-12(18(19)20)4-5-14(11)17-9-13-7-10-2-1-3-15(10)21-13/h4-7,17H,1-3,9H2. The Labute approximate surface area is 126 Å². The smallest absolute Gasteiger partial charge is 0.270 e. The molecule has 0 fully saturated rings. The van der Waals surface area contributed by atoms with Gasteiger partial charge in [-0.1, -0.05) is 0 Å². The number of fused-ring (bicyclic) bond motifs is 1. The highest BCUT2D eigenvalue weighted by atomic mass is 32.1. The summed E-state index contributed by atoms with van der Waals surface area (Å²) in [7, 11) is 0. The molecule has 1 aliphatic rings. The fourth-order valence-electron chi connectivity index (χ4n) is 2.55. The Balaban J connectivity index is 1.75. The van der Waals surface area contributed by atoms with Gasteiger partial charge in [-0.2, -0.15) is 5.26 Å². The van der Waals surface area contributed by atoms with Crippen LogP contribution in [0.25, 0.3) is 0 Å².